The predicted octanol–water partition coefficient (Wildman–Crippen LogP) is 4.02. The minimum Gasteiger partial charge on any atom is -0.497 e. The van der Waals surface area contributed by atoms with E-state index in [4.69, 9.17) is 4.74 Å². The molecule has 200 valence electrons. The van der Waals surface area contributed by atoms with Gasteiger partial charge in [0.2, 0.25) is 5.91 Å². The molecule has 2 unspecified atom stereocenters. The van der Waals surface area contributed by atoms with E-state index in [-0.39, 0.29) is 29.9 Å². The average molecular weight is 522 g/mol. The van der Waals surface area contributed by atoms with Gasteiger partial charge >= 0.3 is 5.97 Å². The SMILES string of the molecule is COc1ccc2ncc(F)c(C(O)CC[C@@H]3CCN(C4CC(=O)N(c5ccccc5)C4)C[C@@H]3C(=O)O)c2c1. The molecule has 9 heteroatoms. The van der Waals surface area contributed by atoms with Gasteiger partial charge in [0.1, 0.15) is 11.6 Å². The van der Waals surface area contributed by atoms with Crippen LogP contribution in [0.15, 0.2) is 54.7 Å². The average Bonchev–Trinajstić information content (AvgIpc) is 3.33. The molecular formula is C29H32FN3O5. The molecule has 0 saturated carbocycles. The van der Waals surface area contributed by atoms with Crippen LogP contribution in [0.1, 0.15) is 37.4 Å². The van der Waals surface area contributed by atoms with Crippen LogP contribution < -0.4 is 9.64 Å². The molecule has 0 aliphatic carbocycles. The number of likely N-dealkylation sites (tertiary alicyclic amines) is 1. The fourth-order valence-electron chi connectivity index (χ4n) is 5.92. The van der Waals surface area contributed by atoms with Crippen molar-refractivity contribution in [2.75, 3.05) is 31.6 Å². The van der Waals surface area contributed by atoms with Crippen molar-refractivity contribution in [2.45, 2.75) is 37.8 Å². The van der Waals surface area contributed by atoms with Crippen LogP contribution in [0.3, 0.4) is 0 Å². The molecule has 2 aliphatic heterocycles. The van der Waals surface area contributed by atoms with Gasteiger partial charge in [0.15, 0.2) is 0 Å². The molecule has 0 spiro atoms. The quantitative estimate of drug-likeness (QED) is 0.461. The summed E-state index contributed by atoms with van der Waals surface area (Å²) in [7, 11) is 1.52. The Morgan fingerprint density at radius 3 is 2.74 bits per heavy atom. The number of aromatic nitrogens is 1. The minimum absolute atomic E-state index is 0.0386. The second kappa shape index (κ2) is 11.0. The number of carbonyl (C=O) groups is 2. The fourth-order valence-corrected chi connectivity index (χ4v) is 5.92. The lowest BCUT2D eigenvalue weighted by Gasteiger charge is -2.39. The van der Waals surface area contributed by atoms with Crippen LogP contribution in [0.4, 0.5) is 10.1 Å². The Hall–Kier alpha value is -3.56. The van der Waals surface area contributed by atoms with Crippen molar-refractivity contribution in [1.82, 2.24) is 9.88 Å². The van der Waals surface area contributed by atoms with Gasteiger partial charge in [-0.3, -0.25) is 19.5 Å². The second-order valence-electron chi connectivity index (χ2n) is 10.2. The Labute approximate surface area is 220 Å². The van der Waals surface area contributed by atoms with Gasteiger partial charge in [0, 0.05) is 42.2 Å². The van der Waals surface area contributed by atoms with Gasteiger partial charge in [0.05, 0.1) is 30.8 Å². The molecule has 2 aromatic carbocycles. The van der Waals surface area contributed by atoms with E-state index < -0.39 is 23.8 Å². The first kappa shape index (κ1) is 26.1. The van der Waals surface area contributed by atoms with Crippen LogP contribution in [-0.2, 0) is 9.59 Å². The highest BCUT2D eigenvalue weighted by Crippen LogP contribution is 2.36. The number of hydrogen-bond acceptors (Lipinski definition) is 6. The van der Waals surface area contributed by atoms with Crippen LogP contribution in [0.25, 0.3) is 10.9 Å². The third-order valence-electron chi connectivity index (χ3n) is 8.01. The number of aliphatic hydroxyl groups is 1. The maximum atomic E-state index is 14.8. The van der Waals surface area contributed by atoms with E-state index in [1.807, 2.05) is 30.3 Å². The summed E-state index contributed by atoms with van der Waals surface area (Å²) in [6.45, 7) is 1.56. The number of hydrogen-bond donors (Lipinski definition) is 2. The topological polar surface area (TPSA) is 103 Å². The van der Waals surface area contributed by atoms with Crippen molar-refractivity contribution in [3.05, 3.63) is 66.1 Å². The number of aliphatic carboxylic acids is 1. The number of carboxylic acids is 1. The Kier molecular flexibility index (Phi) is 7.58. The largest absolute Gasteiger partial charge is 0.497 e. The summed E-state index contributed by atoms with van der Waals surface area (Å²) in [6, 6.07) is 14.6. The molecule has 2 N–H and O–H groups in total. The van der Waals surface area contributed by atoms with Crippen LogP contribution in [0.2, 0.25) is 0 Å². The van der Waals surface area contributed by atoms with E-state index in [0.29, 0.717) is 55.5 Å². The molecule has 4 atom stereocenters. The van der Waals surface area contributed by atoms with Crippen molar-refractivity contribution in [2.24, 2.45) is 11.8 Å². The predicted molar refractivity (Wildman–Crippen MR) is 140 cm³/mol. The number of amides is 1. The summed E-state index contributed by atoms with van der Waals surface area (Å²) in [5.41, 5.74) is 1.56. The summed E-state index contributed by atoms with van der Waals surface area (Å²) in [5, 5.41) is 21.5. The molecule has 0 radical (unpaired) electrons. The van der Waals surface area contributed by atoms with Crippen LogP contribution in [-0.4, -0.2) is 64.8 Å². The van der Waals surface area contributed by atoms with Gasteiger partial charge in [-0.15, -0.1) is 0 Å². The number of anilines is 1. The smallest absolute Gasteiger partial charge is 0.308 e. The number of pyridine rings is 1. The second-order valence-corrected chi connectivity index (χ2v) is 10.2. The molecule has 2 aliphatic rings. The molecular weight excluding hydrogens is 489 g/mol. The first-order valence-corrected chi connectivity index (χ1v) is 13.0. The molecule has 5 rings (SSSR count). The zero-order chi connectivity index (χ0) is 26.8. The summed E-state index contributed by atoms with van der Waals surface area (Å²) < 4.78 is 20.0. The molecule has 2 fully saturated rings. The minimum atomic E-state index is -1.10. The first-order chi connectivity index (χ1) is 18.4. The lowest BCUT2D eigenvalue weighted by atomic mass is 9.80. The Morgan fingerprint density at radius 2 is 2.00 bits per heavy atom. The third kappa shape index (κ3) is 5.21. The highest BCUT2D eigenvalue weighted by Gasteiger charge is 2.41. The monoisotopic (exact) mass is 521 g/mol. The Morgan fingerprint density at radius 1 is 1.21 bits per heavy atom. The maximum absolute atomic E-state index is 14.8. The maximum Gasteiger partial charge on any atom is 0.308 e. The molecule has 8 nitrogen and oxygen atoms in total. The molecule has 1 aromatic heterocycles. The fraction of sp³-hybridized carbons (Fsp3) is 0.414. The van der Waals surface area contributed by atoms with Crippen molar-refractivity contribution < 1.29 is 28.9 Å². The highest BCUT2D eigenvalue weighted by molar-refractivity contribution is 5.96. The molecule has 38 heavy (non-hydrogen) atoms. The van der Waals surface area contributed by atoms with E-state index in [9.17, 15) is 24.2 Å². The number of methoxy groups -OCH3 is 1. The van der Waals surface area contributed by atoms with Crippen LogP contribution >= 0.6 is 0 Å². The van der Waals surface area contributed by atoms with Crippen LogP contribution in [0, 0.1) is 17.7 Å². The van der Waals surface area contributed by atoms with Crippen molar-refractivity contribution in [3.8, 4) is 5.75 Å². The normalized spacial score (nSPS) is 23.1. The number of carbonyl (C=O) groups excluding carboxylic acids is 1. The Bertz CT molecular complexity index is 1320. The number of ether oxygens (including phenoxy) is 1. The molecule has 0 bridgehead atoms. The Balaban J connectivity index is 1.25. The highest BCUT2D eigenvalue weighted by atomic mass is 19.1. The van der Waals surface area contributed by atoms with Gasteiger partial charge < -0.3 is 19.8 Å². The third-order valence-corrected chi connectivity index (χ3v) is 8.01. The van der Waals surface area contributed by atoms with Crippen molar-refractivity contribution in [1.29, 1.82) is 0 Å². The molecule has 2 saturated heterocycles. The molecule has 3 aromatic rings. The first-order valence-electron chi connectivity index (χ1n) is 13.0. The number of para-hydroxylation sites is 1. The van der Waals surface area contributed by atoms with Crippen LogP contribution in [0.5, 0.6) is 5.75 Å². The number of aliphatic hydroxyl groups excluding tert-OH is 1. The lowest BCUT2D eigenvalue weighted by Crippen LogP contribution is -2.49. The van der Waals surface area contributed by atoms with Gasteiger partial charge in [0.25, 0.3) is 0 Å². The summed E-state index contributed by atoms with van der Waals surface area (Å²) in [6.07, 6.45) is 1.67. The van der Waals surface area contributed by atoms with Crippen molar-refractivity contribution >= 4 is 28.5 Å². The zero-order valence-electron chi connectivity index (χ0n) is 21.3. The number of nitrogens with zero attached hydrogens (tertiary/aromatic N) is 3. The van der Waals surface area contributed by atoms with E-state index >= 15 is 0 Å². The number of fused-ring (bicyclic) bond motifs is 1. The van der Waals surface area contributed by atoms with E-state index in [2.05, 4.69) is 9.88 Å². The summed E-state index contributed by atoms with van der Waals surface area (Å²) in [4.78, 5) is 32.9. The molecule has 1 amide bonds. The number of benzene rings is 2. The van der Waals surface area contributed by atoms with Gasteiger partial charge in [-0.1, -0.05) is 18.2 Å². The van der Waals surface area contributed by atoms with Gasteiger partial charge in [-0.05, 0) is 62.1 Å². The number of rotatable bonds is 8. The summed E-state index contributed by atoms with van der Waals surface area (Å²) >= 11 is 0. The van der Waals surface area contributed by atoms with Gasteiger partial charge in [-0.2, -0.15) is 0 Å². The van der Waals surface area contributed by atoms with Crippen molar-refractivity contribution in [3.63, 3.8) is 0 Å². The molecule has 3 heterocycles. The lowest BCUT2D eigenvalue weighted by molar-refractivity contribution is -0.146. The van der Waals surface area contributed by atoms with E-state index in [0.717, 1.165) is 11.9 Å². The van der Waals surface area contributed by atoms with E-state index in [1.165, 1.54) is 7.11 Å². The number of piperidine rings is 1. The number of carboxylic acid groups (broad SMARTS) is 1. The zero-order valence-corrected chi connectivity index (χ0v) is 21.3. The van der Waals surface area contributed by atoms with Gasteiger partial charge in [-0.25, -0.2) is 4.39 Å². The standard InChI is InChI=1S/C29H32FN3O5/c1-38-21-8-9-25-22(14-21)28(24(30)15-31-25)26(34)10-7-18-11-12-32(17-23(18)29(36)37)20-13-27(35)33(16-20)19-5-3-2-4-6-19/h2-6,8-9,14-15,18,20,23,26,34H,7,10-13,16-17H2,1H3,(H,36,37)/t18-,20?,23+,26?/m1/s1. The number of halogens is 1. The van der Waals surface area contributed by atoms with E-state index in [1.54, 1.807) is 23.1 Å². The summed E-state index contributed by atoms with van der Waals surface area (Å²) in [5.74, 6) is -1.70.